The maximum Gasteiger partial charge on any atom is 0.433 e. The van der Waals surface area contributed by atoms with Crippen LogP contribution in [0.15, 0.2) is 33.8 Å². The molecule has 2 aliphatic rings. The molecule has 2 aromatic rings. The fraction of sp³-hybridized carbons (Fsp3) is 0.526. The molecule has 2 atom stereocenters. The second-order valence-corrected chi connectivity index (χ2v) is 9.74. The summed E-state index contributed by atoms with van der Waals surface area (Å²) in [5.74, 6) is 0.615. The number of aromatic nitrogens is 2. The molecule has 1 saturated heterocycles. The van der Waals surface area contributed by atoms with Crippen molar-refractivity contribution in [1.29, 1.82) is 0 Å². The van der Waals surface area contributed by atoms with Crippen molar-refractivity contribution in [2.75, 3.05) is 6.54 Å². The number of carbonyl (C=O) groups is 1. The average molecular weight is 458 g/mol. The first-order chi connectivity index (χ1) is 14.6. The zero-order valence-corrected chi connectivity index (χ0v) is 17.4. The van der Waals surface area contributed by atoms with Crippen LogP contribution in [-0.2, 0) is 16.2 Å². The summed E-state index contributed by atoms with van der Waals surface area (Å²) in [7, 11) is -4.22. The quantitative estimate of drug-likeness (QED) is 0.739. The van der Waals surface area contributed by atoms with Crippen molar-refractivity contribution in [1.82, 2.24) is 19.8 Å². The SMILES string of the molecule is C[C@H]1C[C@@H](NC(=O)c2cc(C3CC3)on2)CCN1S(=O)(=O)c1cccc(C(F)(F)F)n1. The van der Waals surface area contributed by atoms with Crippen LogP contribution in [0.2, 0.25) is 0 Å². The first-order valence-corrected chi connectivity index (χ1v) is 11.3. The lowest BCUT2D eigenvalue weighted by molar-refractivity contribution is -0.141. The highest BCUT2D eigenvalue weighted by Gasteiger charge is 2.38. The van der Waals surface area contributed by atoms with Crippen LogP contribution in [0.25, 0.3) is 0 Å². The van der Waals surface area contributed by atoms with Gasteiger partial charge in [-0.2, -0.15) is 17.5 Å². The zero-order chi connectivity index (χ0) is 22.4. The highest BCUT2D eigenvalue weighted by Crippen LogP contribution is 2.40. The smallest absolute Gasteiger partial charge is 0.360 e. The van der Waals surface area contributed by atoms with Crippen molar-refractivity contribution in [2.45, 2.75) is 61.8 Å². The van der Waals surface area contributed by atoms with E-state index < -0.39 is 38.9 Å². The van der Waals surface area contributed by atoms with Crippen LogP contribution < -0.4 is 5.32 Å². The predicted molar refractivity (Wildman–Crippen MR) is 102 cm³/mol. The summed E-state index contributed by atoms with van der Waals surface area (Å²) in [6, 6.07) is 3.57. The highest BCUT2D eigenvalue weighted by molar-refractivity contribution is 7.89. The van der Waals surface area contributed by atoms with Gasteiger partial charge in [-0.15, -0.1) is 0 Å². The molecule has 0 radical (unpaired) electrons. The van der Waals surface area contributed by atoms with Crippen molar-refractivity contribution in [3.05, 3.63) is 41.4 Å². The largest absolute Gasteiger partial charge is 0.433 e. The second-order valence-electron chi connectivity index (χ2n) is 7.91. The van der Waals surface area contributed by atoms with Crippen molar-refractivity contribution in [3.63, 3.8) is 0 Å². The second kappa shape index (κ2) is 7.90. The molecular formula is C19H21F3N4O4S. The van der Waals surface area contributed by atoms with Crippen LogP contribution in [-0.4, -0.2) is 47.4 Å². The Morgan fingerprint density at radius 3 is 2.65 bits per heavy atom. The predicted octanol–water partition coefficient (Wildman–Crippen LogP) is 2.94. The molecule has 1 amide bonds. The highest BCUT2D eigenvalue weighted by atomic mass is 32.2. The standard InChI is InChI=1S/C19H21F3N4O4S/c1-11-9-13(23-18(27)14-10-15(30-25-14)12-5-6-12)7-8-26(11)31(28,29)17-4-2-3-16(24-17)19(20,21)22/h2-4,10-13H,5-9H2,1H3,(H,23,27)/t11-,13-/m0/s1. The third-order valence-electron chi connectivity index (χ3n) is 5.48. The Morgan fingerprint density at radius 2 is 2.00 bits per heavy atom. The number of halogens is 3. The minimum atomic E-state index is -4.74. The molecule has 0 unspecified atom stereocenters. The number of carbonyl (C=O) groups excluding carboxylic acids is 1. The molecule has 0 aromatic carbocycles. The van der Waals surface area contributed by atoms with Crippen LogP contribution in [0.5, 0.6) is 0 Å². The summed E-state index contributed by atoms with van der Waals surface area (Å²) in [5.41, 5.74) is -1.08. The number of hydrogen-bond acceptors (Lipinski definition) is 6. The molecule has 2 aromatic heterocycles. The van der Waals surface area contributed by atoms with Gasteiger partial charge in [-0.05, 0) is 44.7 Å². The zero-order valence-electron chi connectivity index (χ0n) is 16.6. The minimum absolute atomic E-state index is 0.0402. The molecule has 1 saturated carbocycles. The van der Waals surface area contributed by atoms with Gasteiger partial charge in [0.1, 0.15) is 11.5 Å². The minimum Gasteiger partial charge on any atom is -0.360 e. The fourth-order valence-corrected chi connectivity index (χ4v) is 5.30. The lowest BCUT2D eigenvalue weighted by Gasteiger charge is -2.36. The molecule has 0 spiro atoms. The van der Waals surface area contributed by atoms with Crippen LogP contribution >= 0.6 is 0 Å². The molecule has 1 N–H and O–H groups in total. The van der Waals surface area contributed by atoms with E-state index in [0.717, 1.165) is 35.3 Å². The molecule has 12 heteroatoms. The molecule has 1 aliphatic carbocycles. The van der Waals surface area contributed by atoms with E-state index in [0.29, 0.717) is 24.5 Å². The molecule has 1 aliphatic heterocycles. The van der Waals surface area contributed by atoms with E-state index >= 15 is 0 Å². The first kappa shape index (κ1) is 21.8. The summed E-state index contributed by atoms with van der Waals surface area (Å²) in [6.07, 6.45) is -2.10. The third kappa shape index (κ3) is 4.59. The van der Waals surface area contributed by atoms with Crippen molar-refractivity contribution < 1.29 is 30.9 Å². The molecule has 8 nitrogen and oxygen atoms in total. The number of nitrogens with one attached hydrogen (secondary N) is 1. The lowest BCUT2D eigenvalue weighted by Crippen LogP contribution is -2.51. The maximum atomic E-state index is 12.9. The number of amides is 1. The number of alkyl halides is 3. The third-order valence-corrected chi connectivity index (χ3v) is 7.39. The summed E-state index contributed by atoms with van der Waals surface area (Å²) >= 11 is 0. The molecule has 2 fully saturated rings. The number of sulfonamides is 1. The van der Waals surface area contributed by atoms with Gasteiger partial charge in [-0.25, -0.2) is 13.4 Å². The molecule has 168 valence electrons. The van der Waals surface area contributed by atoms with Gasteiger partial charge in [-0.1, -0.05) is 11.2 Å². The molecule has 3 heterocycles. The monoisotopic (exact) mass is 458 g/mol. The topological polar surface area (TPSA) is 105 Å². The molecular weight excluding hydrogens is 437 g/mol. The summed E-state index contributed by atoms with van der Waals surface area (Å²) < 4.78 is 70.8. The van der Waals surface area contributed by atoms with Gasteiger partial charge in [-0.3, -0.25) is 4.79 Å². The normalized spacial score (nSPS) is 23.0. The molecule has 31 heavy (non-hydrogen) atoms. The van der Waals surface area contributed by atoms with E-state index in [-0.39, 0.29) is 18.3 Å². The summed E-state index contributed by atoms with van der Waals surface area (Å²) in [4.78, 5) is 15.7. The fourth-order valence-electron chi connectivity index (χ4n) is 3.69. The van der Waals surface area contributed by atoms with E-state index in [1.807, 2.05) is 0 Å². The Hall–Kier alpha value is -2.47. The lowest BCUT2D eigenvalue weighted by atomic mass is 10.0. The summed E-state index contributed by atoms with van der Waals surface area (Å²) in [6.45, 7) is 1.68. The molecule has 4 rings (SSSR count). The van der Waals surface area contributed by atoms with Gasteiger partial charge in [0, 0.05) is 30.6 Å². The number of nitrogens with zero attached hydrogens (tertiary/aromatic N) is 3. The van der Waals surface area contributed by atoms with Crippen LogP contribution in [0.4, 0.5) is 13.2 Å². The van der Waals surface area contributed by atoms with Gasteiger partial charge < -0.3 is 9.84 Å². The van der Waals surface area contributed by atoms with E-state index in [1.165, 1.54) is 0 Å². The number of hydrogen-bond donors (Lipinski definition) is 1. The Balaban J connectivity index is 1.42. The van der Waals surface area contributed by atoms with Gasteiger partial charge in [0.25, 0.3) is 15.9 Å². The van der Waals surface area contributed by atoms with Gasteiger partial charge >= 0.3 is 6.18 Å². The van der Waals surface area contributed by atoms with Gasteiger partial charge in [0.05, 0.1) is 0 Å². The van der Waals surface area contributed by atoms with E-state index in [9.17, 15) is 26.4 Å². The Bertz CT molecular complexity index is 1080. The van der Waals surface area contributed by atoms with E-state index in [2.05, 4.69) is 15.5 Å². The maximum absolute atomic E-state index is 12.9. The van der Waals surface area contributed by atoms with Crippen molar-refractivity contribution in [2.24, 2.45) is 0 Å². The molecule has 0 bridgehead atoms. The van der Waals surface area contributed by atoms with Crippen molar-refractivity contribution in [3.8, 4) is 0 Å². The van der Waals surface area contributed by atoms with Crippen LogP contribution in [0.3, 0.4) is 0 Å². The Kier molecular flexibility index (Phi) is 5.54. The average Bonchev–Trinajstić information content (AvgIpc) is 3.43. The summed E-state index contributed by atoms with van der Waals surface area (Å²) in [5, 5.41) is 5.98. The Morgan fingerprint density at radius 1 is 1.26 bits per heavy atom. The Labute approximate surface area is 176 Å². The van der Waals surface area contributed by atoms with Gasteiger partial charge in [0.15, 0.2) is 10.7 Å². The van der Waals surface area contributed by atoms with Crippen LogP contribution in [0, 0.1) is 0 Å². The van der Waals surface area contributed by atoms with Crippen molar-refractivity contribution >= 4 is 15.9 Å². The number of pyridine rings is 1. The number of piperidine rings is 1. The van der Waals surface area contributed by atoms with Gasteiger partial charge in [0.2, 0.25) is 0 Å². The number of rotatable bonds is 5. The van der Waals surface area contributed by atoms with Crippen LogP contribution in [0.1, 0.15) is 60.5 Å². The van der Waals surface area contributed by atoms with E-state index in [4.69, 9.17) is 4.52 Å². The first-order valence-electron chi connectivity index (χ1n) is 9.89. The van der Waals surface area contributed by atoms with E-state index in [1.54, 1.807) is 13.0 Å².